The Kier molecular flexibility index (Phi) is 3.05. The van der Waals surface area contributed by atoms with Gasteiger partial charge in [0, 0.05) is 22.9 Å². The summed E-state index contributed by atoms with van der Waals surface area (Å²) in [5.74, 6) is 0.0366. The average Bonchev–Trinajstić information content (AvgIpc) is 3.24. The molecule has 0 aliphatic carbocycles. The number of fused-ring (bicyclic) bond motifs is 1. The number of benzene rings is 2. The SMILES string of the molecule is CC(=O)c1ccc2c(c1)ncn2-c1cccc(-c2ccon2)c1. The number of Topliss-reactive ketones (excluding diaryl/α,β-unsaturated/α-hetero) is 1. The molecule has 4 aromatic rings. The van der Waals surface area contributed by atoms with Crippen LogP contribution < -0.4 is 0 Å². The second kappa shape index (κ2) is 5.21. The van der Waals surface area contributed by atoms with Crippen molar-refractivity contribution >= 4 is 16.8 Å². The number of nitrogens with zero attached hydrogens (tertiary/aromatic N) is 3. The van der Waals surface area contributed by atoms with Crippen LogP contribution in [0.4, 0.5) is 0 Å². The van der Waals surface area contributed by atoms with Crippen molar-refractivity contribution in [3.8, 4) is 16.9 Å². The third-order valence-electron chi connectivity index (χ3n) is 3.81. The molecular weight excluding hydrogens is 290 g/mol. The second-order valence-electron chi connectivity index (χ2n) is 5.31. The zero-order chi connectivity index (χ0) is 15.8. The molecular formula is C18H13N3O2. The number of carbonyl (C=O) groups is 1. The fraction of sp³-hybridized carbons (Fsp3) is 0.0556. The number of aromatic nitrogens is 3. The Bertz CT molecular complexity index is 1000. The van der Waals surface area contributed by atoms with Crippen LogP contribution in [0.2, 0.25) is 0 Å². The lowest BCUT2D eigenvalue weighted by Gasteiger charge is -2.06. The fourth-order valence-corrected chi connectivity index (χ4v) is 2.61. The molecule has 0 saturated carbocycles. The molecule has 0 radical (unpaired) electrons. The molecule has 0 atom stereocenters. The summed E-state index contributed by atoms with van der Waals surface area (Å²) in [7, 11) is 0. The smallest absolute Gasteiger partial charge is 0.159 e. The molecule has 2 aromatic carbocycles. The van der Waals surface area contributed by atoms with Crippen LogP contribution in [0.15, 0.2) is 65.6 Å². The van der Waals surface area contributed by atoms with Gasteiger partial charge in [0.15, 0.2) is 5.78 Å². The maximum atomic E-state index is 11.5. The Labute approximate surface area is 132 Å². The summed E-state index contributed by atoms with van der Waals surface area (Å²) in [4.78, 5) is 15.9. The van der Waals surface area contributed by atoms with Crippen molar-refractivity contribution in [3.63, 3.8) is 0 Å². The molecule has 2 heterocycles. The zero-order valence-corrected chi connectivity index (χ0v) is 12.4. The van der Waals surface area contributed by atoms with Crippen molar-refractivity contribution in [1.29, 1.82) is 0 Å². The van der Waals surface area contributed by atoms with Crippen molar-refractivity contribution < 1.29 is 9.32 Å². The topological polar surface area (TPSA) is 60.9 Å². The summed E-state index contributed by atoms with van der Waals surface area (Å²) in [6.45, 7) is 1.56. The lowest BCUT2D eigenvalue weighted by molar-refractivity contribution is 0.101. The van der Waals surface area contributed by atoms with E-state index in [4.69, 9.17) is 4.52 Å². The van der Waals surface area contributed by atoms with Crippen LogP contribution in [-0.4, -0.2) is 20.5 Å². The van der Waals surface area contributed by atoms with E-state index in [0.29, 0.717) is 5.56 Å². The first kappa shape index (κ1) is 13.5. The van der Waals surface area contributed by atoms with E-state index in [-0.39, 0.29) is 5.78 Å². The minimum atomic E-state index is 0.0366. The number of ketones is 1. The Balaban J connectivity index is 1.83. The number of imidazole rings is 1. The molecule has 2 aromatic heterocycles. The van der Waals surface area contributed by atoms with Crippen LogP contribution in [0.1, 0.15) is 17.3 Å². The molecule has 112 valence electrons. The van der Waals surface area contributed by atoms with Gasteiger partial charge in [-0.1, -0.05) is 17.3 Å². The third-order valence-corrected chi connectivity index (χ3v) is 3.81. The first-order valence-electron chi connectivity index (χ1n) is 7.21. The van der Waals surface area contributed by atoms with Gasteiger partial charge < -0.3 is 4.52 Å². The summed E-state index contributed by atoms with van der Waals surface area (Å²) in [5.41, 5.74) is 5.15. The molecule has 0 bridgehead atoms. The van der Waals surface area contributed by atoms with Gasteiger partial charge in [0.05, 0.1) is 11.0 Å². The van der Waals surface area contributed by atoms with Gasteiger partial charge in [-0.3, -0.25) is 9.36 Å². The standard InChI is InChI=1S/C18H13N3O2/c1-12(22)13-5-6-18-17(10-13)19-11-21(18)15-4-2-3-14(9-15)16-7-8-23-20-16/h2-11H,1H3. The van der Waals surface area contributed by atoms with Gasteiger partial charge in [-0.05, 0) is 37.3 Å². The fourth-order valence-electron chi connectivity index (χ4n) is 2.61. The lowest BCUT2D eigenvalue weighted by atomic mass is 10.1. The third kappa shape index (κ3) is 2.32. The van der Waals surface area contributed by atoms with Crippen molar-refractivity contribution in [1.82, 2.24) is 14.7 Å². The maximum Gasteiger partial charge on any atom is 0.159 e. The van der Waals surface area contributed by atoms with Gasteiger partial charge in [-0.25, -0.2) is 4.98 Å². The van der Waals surface area contributed by atoms with E-state index < -0.39 is 0 Å². The highest BCUT2D eigenvalue weighted by Gasteiger charge is 2.09. The highest BCUT2D eigenvalue weighted by atomic mass is 16.5. The van der Waals surface area contributed by atoms with Gasteiger partial charge in [0.25, 0.3) is 0 Å². The summed E-state index contributed by atoms with van der Waals surface area (Å²) < 4.78 is 6.89. The Morgan fingerprint density at radius 3 is 2.83 bits per heavy atom. The summed E-state index contributed by atoms with van der Waals surface area (Å²) >= 11 is 0. The number of hydrogen-bond acceptors (Lipinski definition) is 4. The highest BCUT2D eigenvalue weighted by Crippen LogP contribution is 2.24. The van der Waals surface area contributed by atoms with Crippen LogP contribution in [0.5, 0.6) is 0 Å². The summed E-state index contributed by atoms with van der Waals surface area (Å²) in [6.07, 6.45) is 3.31. The monoisotopic (exact) mass is 303 g/mol. The molecule has 0 amide bonds. The van der Waals surface area contributed by atoms with Crippen LogP contribution >= 0.6 is 0 Å². The predicted molar refractivity (Wildman–Crippen MR) is 86.6 cm³/mol. The molecule has 23 heavy (non-hydrogen) atoms. The van der Waals surface area contributed by atoms with E-state index in [1.807, 2.05) is 53.1 Å². The molecule has 0 spiro atoms. The molecule has 5 heteroatoms. The molecule has 0 aliphatic rings. The molecule has 0 fully saturated rings. The van der Waals surface area contributed by atoms with Gasteiger partial charge >= 0.3 is 0 Å². The van der Waals surface area contributed by atoms with Crippen molar-refractivity contribution in [3.05, 3.63) is 66.7 Å². The Hall–Kier alpha value is -3.21. The minimum Gasteiger partial charge on any atom is -0.364 e. The highest BCUT2D eigenvalue weighted by molar-refractivity contribution is 5.97. The van der Waals surface area contributed by atoms with E-state index in [0.717, 1.165) is 28.0 Å². The van der Waals surface area contributed by atoms with Crippen molar-refractivity contribution in [2.75, 3.05) is 0 Å². The zero-order valence-electron chi connectivity index (χ0n) is 12.4. The molecule has 0 aliphatic heterocycles. The molecule has 4 rings (SSSR count). The molecule has 0 saturated heterocycles. The molecule has 0 N–H and O–H groups in total. The van der Waals surface area contributed by atoms with Crippen molar-refractivity contribution in [2.45, 2.75) is 6.92 Å². The van der Waals surface area contributed by atoms with E-state index in [2.05, 4.69) is 10.1 Å². The van der Waals surface area contributed by atoms with Gasteiger partial charge in [0.2, 0.25) is 0 Å². The first-order valence-corrected chi connectivity index (χ1v) is 7.21. The minimum absolute atomic E-state index is 0.0366. The van der Waals surface area contributed by atoms with E-state index in [9.17, 15) is 4.79 Å². The Morgan fingerprint density at radius 1 is 1.13 bits per heavy atom. The van der Waals surface area contributed by atoms with Crippen LogP contribution in [-0.2, 0) is 0 Å². The van der Waals surface area contributed by atoms with Crippen LogP contribution in [0.25, 0.3) is 28.0 Å². The van der Waals surface area contributed by atoms with Gasteiger partial charge in [-0.15, -0.1) is 0 Å². The van der Waals surface area contributed by atoms with Crippen LogP contribution in [0.3, 0.4) is 0 Å². The predicted octanol–water partition coefficient (Wildman–Crippen LogP) is 3.88. The summed E-state index contributed by atoms with van der Waals surface area (Å²) in [6, 6.07) is 15.4. The first-order chi connectivity index (χ1) is 11.2. The second-order valence-corrected chi connectivity index (χ2v) is 5.31. The van der Waals surface area contributed by atoms with Gasteiger partial charge in [-0.2, -0.15) is 0 Å². The lowest BCUT2D eigenvalue weighted by Crippen LogP contribution is -1.94. The summed E-state index contributed by atoms with van der Waals surface area (Å²) in [5, 5.41) is 3.96. The largest absolute Gasteiger partial charge is 0.364 e. The van der Waals surface area contributed by atoms with E-state index >= 15 is 0 Å². The van der Waals surface area contributed by atoms with E-state index in [1.54, 1.807) is 19.5 Å². The quantitative estimate of drug-likeness (QED) is 0.539. The van der Waals surface area contributed by atoms with Crippen LogP contribution in [0, 0.1) is 0 Å². The van der Waals surface area contributed by atoms with Gasteiger partial charge in [0.1, 0.15) is 18.3 Å². The maximum absolute atomic E-state index is 11.5. The van der Waals surface area contributed by atoms with Crippen molar-refractivity contribution in [2.24, 2.45) is 0 Å². The average molecular weight is 303 g/mol. The molecule has 5 nitrogen and oxygen atoms in total. The number of rotatable bonds is 3. The number of hydrogen-bond donors (Lipinski definition) is 0. The normalized spacial score (nSPS) is 11.0. The molecule has 0 unspecified atom stereocenters. The van der Waals surface area contributed by atoms with E-state index in [1.165, 1.54) is 0 Å². The number of carbonyl (C=O) groups excluding carboxylic acids is 1. The Morgan fingerprint density at radius 2 is 2.04 bits per heavy atom.